The maximum Gasteiger partial charge on any atom is 0.343 e. The van der Waals surface area contributed by atoms with E-state index in [9.17, 15) is 14.7 Å². The molecule has 8 heteroatoms. The van der Waals surface area contributed by atoms with Gasteiger partial charge in [-0.3, -0.25) is 4.79 Å². The molecule has 0 radical (unpaired) electrons. The van der Waals surface area contributed by atoms with E-state index in [0.717, 1.165) is 0 Å². The number of benzene rings is 1. The van der Waals surface area contributed by atoms with E-state index in [1.807, 2.05) is 0 Å². The zero-order valence-electron chi connectivity index (χ0n) is 13.5. The van der Waals surface area contributed by atoms with Crippen LogP contribution in [0.1, 0.15) is 29.2 Å². The number of esters is 1. The minimum Gasteiger partial charge on any atom is -0.507 e. The lowest BCUT2D eigenvalue weighted by Crippen LogP contribution is -2.18. The van der Waals surface area contributed by atoms with Crippen LogP contribution in [0.2, 0.25) is 5.02 Å². The smallest absolute Gasteiger partial charge is 0.343 e. The van der Waals surface area contributed by atoms with Gasteiger partial charge >= 0.3 is 11.6 Å². The molecule has 7 nitrogen and oxygen atoms in total. The minimum absolute atomic E-state index is 0.0259. The summed E-state index contributed by atoms with van der Waals surface area (Å²) in [7, 11) is 1.24. The number of carbonyl (C=O) groups excluding carboxylic acids is 1. The Morgan fingerprint density at radius 1 is 1.36 bits per heavy atom. The third kappa shape index (κ3) is 3.28. The van der Waals surface area contributed by atoms with Gasteiger partial charge in [-0.2, -0.15) is 0 Å². The van der Waals surface area contributed by atoms with Gasteiger partial charge in [0.2, 0.25) is 6.79 Å². The van der Waals surface area contributed by atoms with Crippen molar-refractivity contribution in [3.63, 3.8) is 0 Å². The Bertz CT molecular complexity index is 887. The van der Waals surface area contributed by atoms with Crippen LogP contribution >= 0.6 is 11.6 Å². The highest BCUT2D eigenvalue weighted by Crippen LogP contribution is 2.43. The van der Waals surface area contributed by atoms with E-state index in [1.165, 1.54) is 20.1 Å². The van der Waals surface area contributed by atoms with Crippen molar-refractivity contribution in [1.29, 1.82) is 0 Å². The molecule has 25 heavy (non-hydrogen) atoms. The number of ether oxygens (including phenoxy) is 3. The third-order valence-corrected chi connectivity index (χ3v) is 4.17. The van der Waals surface area contributed by atoms with Gasteiger partial charge in [0.25, 0.3) is 0 Å². The number of carbonyl (C=O) groups is 1. The molecule has 0 saturated heterocycles. The summed E-state index contributed by atoms with van der Waals surface area (Å²) in [5, 5.41) is 10.5. The molecule has 1 aromatic heterocycles. The number of aromatic hydroxyl groups is 1. The fourth-order valence-corrected chi connectivity index (χ4v) is 3.03. The van der Waals surface area contributed by atoms with Crippen molar-refractivity contribution in [2.45, 2.75) is 19.3 Å². The van der Waals surface area contributed by atoms with Gasteiger partial charge in [0.15, 0.2) is 11.5 Å². The molecule has 0 aliphatic carbocycles. The van der Waals surface area contributed by atoms with Crippen molar-refractivity contribution in [3.8, 4) is 17.2 Å². The Balaban J connectivity index is 2.16. The van der Waals surface area contributed by atoms with Crippen LogP contribution in [0, 0.1) is 6.92 Å². The fraction of sp³-hybridized carbons (Fsp3) is 0.294. The van der Waals surface area contributed by atoms with E-state index in [2.05, 4.69) is 0 Å². The van der Waals surface area contributed by atoms with E-state index in [4.69, 9.17) is 30.2 Å². The molecule has 1 aliphatic heterocycles. The van der Waals surface area contributed by atoms with Crippen molar-refractivity contribution in [3.05, 3.63) is 50.5 Å². The number of halogens is 1. The summed E-state index contributed by atoms with van der Waals surface area (Å²) in [6.07, 6.45) is -0.187. The van der Waals surface area contributed by atoms with Gasteiger partial charge in [-0.1, -0.05) is 11.6 Å². The van der Waals surface area contributed by atoms with E-state index < -0.39 is 17.5 Å². The summed E-state index contributed by atoms with van der Waals surface area (Å²) in [5.74, 6) is -0.603. The molecule has 1 aliphatic rings. The molecule has 1 unspecified atom stereocenters. The lowest BCUT2D eigenvalue weighted by Gasteiger charge is -2.18. The normalized spacial score (nSPS) is 13.6. The summed E-state index contributed by atoms with van der Waals surface area (Å²) in [6.45, 7) is 1.57. The summed E-state index contributed by atoms with van der Waals surface area (Å²) in [4.78, 5) is 24.1. The predicted octanol–water partition coefficient (Wildman–Crippen LogP) is 2.73. The Morgan fingerprint density at radius 3 is 2.80 bits per heavy atom. The number of fused-ring (bicyclic) bond motifs is 1. The van der Waals surface area contributed by atoms with Crippen LogP contribution in [0.4, 0.5) is 0 Å². The highest BCUT2D eigenvalue weighted by atomic mass is 35.5. The standard InChI is InChI=1S/C17H15ClO7/c1-8-3-12(19)15(17(21)25-8)10(6-14(20)22-2)9-4-11(18)16-13(5-9)23-7-24-16/h3-5,10,19H,6-7H2,1-2H3. The Hall–Kier alpha value is -2.67. The average Bonchev–Trinajstić information content (AvgIpc) is 3.01. The molecule has 2 heterocycles. The van der Waals surface area contributed by atoms with Crippen LogP contribution in [0.15, 0.2) is 27.4 Å². The summed E-state index contributed by atoms with van der Waals surface area (Å²) in [5.41, 5.74) is -0.294. The molecule has 1 atom stereocenters. The largest absolute Gasteiger partial charge is 0.507 e. The van der Waals surface area contributed by atoms with Gasteiger partial charge in [0.05, 0.1) is 24.1 Å². The molecule has 0 fully saturated rings. The van der Waals surface area contributed by atoms with E-state index in [0.29, 0.717) is 17.1 Å². The molecule has 0 bridgehead atoms. The van der Waals surface area contributed by atoms with Crippen molar-refractivity contribution < 1.29 is 28.5 Å². The SMILES string of the molecule is COC(=O)CC(c1cc(Cl)c2c(c1)OCO2)c1c(O)cc(C)oc1=O. The first kappa shape index (κ1) is 17.2. The highest BCUT2D eigenvalue weighted by molar-refractivity contribution is 6.32. The minimum atomic E-state index is -0.823. The Morgan fingerprint density at radius 2 is 2.12 bits per heavy atom. The molecular formula is C17H15ClO7. The molecule has 0 spiro atoms. The molecule has 1 aromatic carbocycles. The van der Waals surface area contributed by atoms with Crippen molar-refractivity contribution in [2.75, 3.05) is 13.9 Å². The lowest BCUT2D eigenvalue weighted by molar-refractivity contribution is -0.140. The van der Waals surface area contributed by atoms with Crippen molar-refractivity contribution in [2.24, 2.45) is 0 Å². The second kappa shape index (κ2) is 6.68. The van der Waals surface area contributed by atoms with Crippen molar-refractivity contribution in [1.82, 2.24) is 0 Å². The van der Waals surface area contributed by atoms with E-state index in [-0.39, 0.29) is 35.3 Å². The molecule has 2 aromatic rings. The monoisotopic (exact) mass is 366 g/mol. The number of hydrogen-bond acceptors (Lipinski definition) is 7. The van der Waals surface area contributed by atoms with Crippen LogP contribution in [-0.4, -0.2) is 25.0 Å². The van der Waals surface area contributed by atoms with Gasteiger partial charge in [-0.15, -0.1) is 0 Å². The zero-order chi connectivity index (χ0) is 18.1. The topological polar surface area (TPSA) is 95.2 Å². The second-order valence-corrected chi connectivity index (χ2v) is 5.92. The van der Waals surface area contributed by atoms with Gasteiger partial charge in [0, 0.05) is 12.0 Å². The Kier molecular flexibility index (Phi) is 4.59. The van der Waals surface area contributed by atoms with Crippen LogP contribution in [0.5, 0.6) is 17.2 Å². The predicted molar refractivity (Wildman–Crippen MR) is 87.4 cm³/mol. The maximum atomic E-state index is 12.3. The van der Waals surface area contributed by atoms with E-state index in [1.54, 1.807) is 12.1 Å². The summed E-state index contributed by atoms with van der Waals surface area (Å²) in [6, 6.07) is 4.48. The van der Waals surface area contributed by atoms with Gasteiger partial charge in [-0.25, -0.2) is 4.79 Å². The quantitative estimate of drug-likeness (QED) is 0.831. The van der Waals surface area contributed by atoms with Gasteiger partial charge in [0.1, 0.15) is 11.5 Å². The number of methoxy groups -OCH3 is 1. The average molecular weight is 367 g/mol. The molecule has 0 amide bonds. The van der Waals surface area contributed by atoms with Crippen LogP contribution in [0.25, 0.3) is 0 Å². The molecular weight excluding hydrogens is 352 g/mol. The molecule has 1 N–H and O–H groups in total. The maximum absolute atomic E-state index is 12.3. The Labute approximate surface area is 147 Å². The number of hydrogen-bond donors (Lipinski definition) is 1. The van der Waals surface area contributed by atoms with Crippen LogP contribution in [0.3, 0.4) is 0 Å². The highest BCUT2D eigenvalue weighted by Gasteiger charge is 2.29. The summed E-state index contributed by atoms with van der Waals surface area (Å²) >= 11 is 6.20. The van der Waals surface area contributed by atoms with Gasteiger partial charge in [-0.05, 0) is 24.6 Å². The van der Waals surface area contributed by atoms with Crippen LogP contribution in [-0.2, 0) is 9.53 Å². The first-order valence-corrected chi connectivity index (χ1v) is 7.78. The number of aryl methyl sites for hydroxylation is 1. The number of rotatable bonds is 4. The summed E-state index contributed by atoms with van der Waals surface area (Å²) < 4.78 is 20.4. The third-order valence-electron chi connectivity index (χ3n) is 3.89. The first-order valence-electron chi connectivity index (χ1n) is 7.40. The first-order chi connectivity index (χ1) is 11.9. The second-order valence-electron chi connectivity index (χ2n) is 5.51. The van der Waals surface area contributed by atoms with Gasteiger partial charge < -0.3 is 23.7 Å². The fourth-order valence-electron chi connectivity index (χ4n) is 2.75. The lowest BCUT2D eigenvalue weighted by atomic mass is 9.88. The molecule has 0 saturated carbocycles. The van der Waals surface area contributed by atoms with E-state index >= 15 is 0 Å². The molecule has 3 rings (SSSR count). The van der Waals surface area contributed by atoms with Crippen LogP contribution < -0.4 is 15.1 Å². The molecule has 132 valence electrons. The zero-order valence-corrected chi connectivity index (χ0v) is 14.3. The van der Waals surface area contributed by atoms with Crippen molar-refractivity contribution >= 4 is 17.6 Å².